The molecule has 1 aromatic carbocycles. The number of aliphatic hydroxyl groups is 1. The van der Waals surface area contributed by atoms with E-state index in [-0.39, 0.29) is 19.0 Å². The highest BCUT2D eigenvalue weighted by atomic mass is 35.5. The summed E-state index contributed by atoms with van der Waals surface area (Å²) in [6.07, 6.45) is 0. The van der Waals surface area contributed by atoms with E-state index in [0.717, 1.165) is 0 Å². The Morgan fingerprint density at radius 3 is 2.79 bits per heavy atom. The first-order valence-electron chi connectivity index (χ1n) is 5.73. The minimum atomic E-state index is -0.512. The number of halogens is 2. The van der Waals surface area contributed by atoms with Gasteiger partial charge in [-0.3, -0.25) is 4.68 Å². The van der Waals surface area contributed by atoms with Gasteiger partial charge in [-0.2, -0.15) is 5.10 Å². The van der Waals surface area contributed by atoms with Gasteiger partial charge in [-0.1, -0.05) is 23.7 Å². The van der Waals surface area contributed by atoms with E-state index >= 15 is 0 Å². The van der Waals surface area contributed by atoms with Gasteiger partial charge in [0, 0.05) is 12.6 Å². The Bertz CT molecular complexity index is 599. The number of aliphatic hydroxyl groups excluding tert-OH is 1. The van der Waals surface area contributed by atoms with Crippen molar-refractivity contribution in [2.24, 2.45) is 7.05 Å². The molecular weight excluding hydrogens is 271 g/mol. The predicted octanol–water partition coefficient (Wildman–Crippen LogP) is 2.59. The minimum absolute atomic E-state index is 0.0416. The molecule has 0 bridgehead atoms. The summed E-state index contributed by atoms with van der Waals surface area (Å²) in [5.74, 6) is -0.471. The Labute approximate surface area is 115 Å². The molecule has 0 aliphatic carbocycles. The third-order valence-corrected chi connectivity index (χ3v) is 3.33. The molecule has 0 saturated carbocycles. The Kier molecular flexibility index (Phi) is 4.07. The van der Waals surface area contributed by atoms with E-state index < -0.39 is 5.82 Å². The minimum Gasteiger partial charge on any atom is -0.484 e. The van der Waals surface area contributed by atoms with Crippen LogP contribution in [0.1, 0.15) is 17.0 Å². The summed E-state index contributed by atoms with van der Waals surface area (Å²) in [4.78, 5) is 0. The maximum Gasteiger partial charge on any atom is 0.165 e. The van der Waals surface area contributed by atoms with Crippen LogP contribution in [0.15, 0.2) is 18.2 Å². The fourth-order valence-corrected chi connectivity index (χ4v) is 2.03. The van der Waals surface area contributed by atoms with Crippen LogP contribution in [0.3, 0.4) is 0 Å². The third-order valence-electron chi connectivity index (χ3n) is 2.83. The summed E-state index contributed by atoms with van der Waals surface area (Å²) in [6, 6.07) is 4.41. The second-order valence-electron chi connectivity index (χ2n) is 4.14. The maximum atomic E-state index is 13.7. The lowest BCUT2D eigenvalue weighted by atomic mass is 10.2. The highest BCUT2D eigenvalue weighted by molar-refractivity contribution is 6.31. The Morgan fingerprint density at radius 2 is 2.21 bits per heavy atom. The fraction of sp³-hybridized carbons (Fsp3) is 0.308. The van der Waals surface area contributed by atoms with Gasteiger partial charge in [-0.15, -0.1) is 0 Å². The van der Waals surface area contributed by atoms with E-state index in [1.807, 2.05) is 0 Å². The second-order valence-corrected chi connectivity index (χ2v) is 4.52. The van der Waals surface area contributed by atoms with Gasteiger partial charge in [0.2, 0.25) is 0 Å². The monoisotopic (exact) mass is 284 g/mol. The van der Waals surface area contributed by atoms with Crippen molar-refractivity contribution in [3.05, 3.63) is 46.0 Å². The highest BCUT2D eigenvalue weighted by Gasteiger charge is 2.14. The zero-order chi connectivity index (χ0) is 14.0. The zero-order valence-corrected chi connectivity index (χ0v) is 11.4. The fourth-order valence-electron chi connectivity index (χ4n) is 1.82. The van der Waals surface area contributed by atoms with E-state index in [4.69, 9.17) is 21.4 Å². The Balaban J connectivity index is 2.24. The Hall–Kier alpha value is -1.59. The molecule has 0 aliphatic heterocycles. The number of hydrogen-bond donors (Lipinski definition) is 1. The number of aromatic nitrogens is 2. The van der Waals surface area contributed by atoms with Crippen molar-refractivity contribution >= 4 is 11.6 Å². The topological polar surface area (TPSA) is 47.3 Å². The molecule has 4 nitrogen and oxygen atoms in total. The largest absolute Gasteiger partial charge is 0.484 e. The molecule has 102 valence electrons. The summed E-state index contributed by atoms with van der Waals surface area (Å²) in [5.41, 5.74) is 1.75. The average Bonchev–Trinajstić information content (AvgIpc) is 2.62. The van der Waals surface area contributed by atoms with Crippen molar-refractivity contribution in [2.45, 2.75) is 20.1 Å². The smallest absolute Gasteiger partial charge is 0.165 e. The molecule has 1 heterocycles. The maximum absolute atomic E-state index is 13.7. The lowest BCUT2D eigenvalue weighted by Gasteiger charge is -2.11. The van der Waals surface area contributed by atoms with Crippen LogP contribution >= 0.6 is 11.6 Å². The summed E-state index contributed by atoms with van der Waals surface area (Å²) in [5, 5.41) is 13.8. The van der Waals surface area contributed by atoms with Crippen molar-refractivity contribution in [1.82, 2.24) is 9.78 Å². The first-order valence-corrected chi connectivity index (χ1v) is 6.11. The summed E-state index contributed by atoms with van der Waals surface area (Å²) in [6.45, 7) is 1.59. The van der Waals surface area contributed by atoms with Gasteiger partial charge >= 0.3 is 0 Å². The highest BCUT2D eigenvalue weighted by Crippen LogP contribution is 2.26. The number of para-hydroxylation sites is 1. The number of nitrogens with zero attached hydrogens (tertiary/aromatic N) is 2. The number of hydrogen-bond acceptors (Lipinski definition) is 3. The first kappa shape index (κ1) is 13.8. The number of aryl methyl sites for hydroxylation is 2. The molecule has 0 spiro atoms. The molecule has 2 rings (SSSR count). The quantitative estimate of drug-likeness (QED) is 0.939. The molecule has 0 amide bonds. The molecule has 0 radical (unpaired) electrons. The van der Waals surface area contributed by atoms with Crippen molar-refractivity contribution in [2.75, 3.05) is 0 Å². The van der Waals surface area contributed by atoms with Crippen molar-refractivity contribution < 1.29 is 14.2 Å². The molecule has 0 aliphatic rings. The van der Waals surface area contributed by atoms with Crippen LogP contribution in [0.4, 0.5) is 4.39 Å². The normalized spacial score (nSPS) is 10.8. The van der Waals surface area contributed by atoms with Crippen LogP contribution < -0.4 is 4.74 Å². The van der Waals surface area contributed by atoms with Gasteiger partial charge in [-0.05, 0) is 13.0 Å². The summed E-state index contributed by atoms with van der Waals surface area (Å²) >= 11 is 6.09. The molecule has 2 aromatic rings. The van der Waals surface area contributed by atoms with Gasteiger partial charge in [-0.25, -0.2) is 4.39 Å². The van der Waals surface area contributed by atoms with Gasteiger partial charge in [0.15, 0.2) is 11.6 Å². The Morgan fingerprint density at radius 1 is 1.47 bits per heavy atom. The van der Waals surface area contributed by atoms with E-state index in [0.29, 0.717) is 22.0 Å². The van der Waals surface area contributed by atoms with Gasteiger partial charge in [0.25, 0.3) is 0 Å². The number of ether oxygens (including phenoxy) is 1. The molecule has 1 aromatic heterocycles. The van der Waals surface area contributed by atoms with Crippen molar-refractivity contribution in [1.29, 1.82) is 0 Å². The average molecular weight is 285 g/mol. The molecule has 0 saturated heterocycles. The van der Waals surface area contributed by atoms with Crippen LogP contribution in [0.5, 0.6) is 5.75 Å². The predicted molar refractivity (Wildman–Crippen MR) is 69.6 cm³/mol. The van der Waals surface area contributed by atoms with E-state index in [9.17, 15) is 4.39 Å². The van der Waals surface area contributed by atoms with E-state index in [1.54, 1.807) is 24.7 Å². The first-order chi connectivity index (χ1) is 9.04. The SMILES string of the molecule is Cc1nn(C)c(COc2c(F)cccc2CO)c1Cl. The van der Waals surface area contributed by atoms with Crippen LogP contribution in [0.2, 0.25) is 5.02 Å². The number of benzene rings is 1. The van der Waals surface area contributed by atoms with Gasteiger partial charge in [0.05, 0.1) is 23.0 Å². The zero-order valence-electron chi connectivity index (χ0n) is 10.7. The molecule has 0 unspecified atom stereocenters. The van der Waals surface area contributed by atoms with Gasteiger partial charge < -0.3 is 9.84 Å². The summed E-state index contributed by atoms with van der Waals surface area (Å²) in [7, 11) is 1.74. The van der Waals surface area contributed by atoms with Crippen LogP contribution in [0, 0.1) is 12.7 Å². The third kappa shape index (κ3) is 2.72. The molecular formula is C13H14ClFN2O2. The van der Waals surface area contributed by atoms with E-state index in [1.165, 1.54) is 12.1 Å². The van der Waals surface area contributed by atoms with Crippen molar-refractivity contribution in [3.63, 3.8) is 0 Å². The lowest BCUT2D eigenvalue weighted by Crippen LogP contribution is -2.06. The number of rotatable bonds is 4. The molecule has 0 fully saturated rings. The van der Waals surface area contributed by atoms with Crippen LogP contribution in [-0.4, -0.2) is 14.9 Å². The second kappa shape index (κ2) is 5.59. The van der Waals surface area contributed by atoms with Crippen molar-refractivity contribution in [3.8, 4) is 5.75 Å². The summed E-state index contributed by atoms with van der Waals surface area (Å²) < 4.78 is 20.7. The standard InChI is InChI=1S/C13H14ClFN2O2/c1-8-12(14)11(17(2)16-8)7-19-13-9(6-18)4-3-5-10(13)15/h3-5,18H,6-7H2,1-2H3. The molecule has 0 atom stereocenters. The lowest BCUT2D eigenvalue weighted by molar-refractivity contribution is 0.247. The molecule has 1 N–H and O–H groups in total. The van der Waals surface area contributed by atoms with Crippen LogP contribution in [0.25, 0.3) is 0 Å². The molecule has 6 heteroatoms. The van der Waals surface area contributed by atoms with Crippen LogP contribution in [-0.2, 0) is 20.3 Å². The van der Waals surface area contributed by atoms with E-state index in [2.05, 4.69) is 5.10 Å². The van der Waals surface area contributed by atoms with Gasteiger partial charge in [0.1, 0.15) is 6.61 Å². The molecule has 19 heavy (non-hydrogen) atoms.